The number of hydrogen-bond acceptors (Lipinski definition) is 4. The van der Waals surface area contributed by atoms with Crippen molar-refractivity contribution in [2.45, 2.75) is 19.8 Å². The van der Waals surface area contributed by atoms with E-state index < -0.39 is 5.91 Å². The molecule has 0 fully saturated rings. The van der Waals surface area contributed by atoms with Crippen LogP contribution in [-0.2, 0) is 16.0 Å². The molecule has 25 heavy (non-hydrogen) atoms. The van der Waals surface area contributed by atoms with Crippen LogP contribution >= 0.6 is 12.2 Å². The van der Waals surface area contributed by atoms with Gasteiger partial charge in [-0.25, -0.2) is 0 Å². The van der Waals surface area contributed by atoms with E-state index >= 15 is 0 Å². The molecule has 0 saturated carbocycles. The second-order valence-corrected chi connectivity index (χ2v) is 5.67. The Kier molecular flexibility index (Phi) is 6.91. The Hall–Kier alpha value is -2.93. The molecule has 0 spiro atoms. The number of carbonyl (C=O) groups is 2. The van der Waals surface area contributed by atoms with E-state index in [-0.39, 0.29) is 11.0 Å². The zero-order valence-electron chi connectivity index (χ0n) is 13.7. The molecule has 6 nitrogen and oxygen atoms in total. The molecule has 1 heterocycles. The summed E-state index contributed by atoms with van der Waals surface area (Å²) in [7, 11) is 0. The SMILES string of the molecule is Cc1ccc(/C=C/C(=O)NC(=S)NNC(=O)CCc2ccccc2)o1. The van der Waals surface area contributed by atoms with Crippen molar-refractivity contribution in [1.82, 2.24) is 16.2 Å². The van der Waals surface area contributed by atoms with Gasteiger partial charge < -0.3 is 4.42 Å². The molecule has 2 amide bonds. The minimum absolute atomic E-state index is 0.0123. The van der Waals surface area contributed by atoms with Gasteiger partial charge in [0.2, 0.25) is 11.8 Å². The first kappa shape index (κ1) is 18.4. The van der Waals surface area contributed by atoms with Crippen LogP contribution in [0.25, 0.3) is 6.08 Å². The van der Waals surface area contributed by atoms with Crippen LogP contribution in [0.4, 0.5) is 0 Å². The van der Waals surface area contributed by atoms with Crippen LogP contribution in [0.1, 0.15) is 23.5 Å². The summed E-state index contributed by atoms with van der Waals surface area (Å²) in [5.74, 6) is 0.684. The van der Waals surface area contributed by atoms with E-state index in [1.165, 1.54) is 12.2 Å². The Morgan fingerprint density at radius 2 is 1.88 bits per heavy atom. The van der Waals surface area contributed by atoms with Gasteiger partial charge in [-0.1, -0.05) is 30.3 Å². The second-order valence-electron chi connectivity index (χ2n) is 5.26. The number of carbonyl (C=O) groups excluding carboxylic acids is 2. The molecule has 2 rings (SSSR count). The van der Waals surface area contributed by atoms with Gasteiger partial charge >= 0.3 is 0 Å². The molecular formula is C18H19N3O3S. The predicted molar refractivity (Wildman–Crippen MR) is 99.3 cm³/mol. The first-order chi connectivity index (χ1) is 12.0. The molecular weight excluding hydrogens is 338 g/mol. The lowest BCUT2D eigenvalue weighted by Crippen LogP contribution is -2.48. The largest absolute Gasteiger partial charge is 0.462 e. The van der Waals surface area contributed by atoms with Crippen LogP contribution in [0.5, 0.6) is 0 Å². The van der Waals surface area contributed by atoms with E-state index in [0.29, 0.717) is 18.6 Å². The van der Waals surface area contributed by atoms with Gasteiger partial charge in [0, 0.05) is 12.5 Å². The maximum absolute atomic E-state index is 11.7. The summed E-state index contributed by atoms with van der Waals surface area (Å²) in [5, 5.41) is 2.44. The third-order valence-corrected chi connectivity index (χ3v) is 3.40. The Morgan fingerprint density at radius 1 is 1.12 bits per heavy atom. The third-order valence-electron chi connectivity index (χ3n) is 3.20. The van der Waals surface area contributed by atoms with E-state index in [4.69, 9.17) is 16.6 Å². The molecule has 0 saturated heterocycles. The van der Waals surface area contributed by atoms with Gasteiger partial charge in [0.15, 0.2) is 5.11 Å². The maximum atomic E-state index is 11.7. The quantitative estimate of drug-likeness (QED) is 0.434. The van der Waals surface area contributed by atoms with Gasteiger partial charge in [0.05, 0.1) is 0 Å². The van der Waals surface area contributed by atoms with Crippen LogP contribution < -0.4 is 16.2 Å². The molecule has 0 atom stereocenters. The average molecular weight is 357 g/mol. The van der Waals surface area contributed by atoms with Gasteiger partial charge in [-0.2, -0.15) is 0 Å². The van der Waals surface area contributed by atoms with Crippen molar-refractivity contribution < 1.29 is 14.0 Å². The van der Waals surface area contributed by atoms with Crippen molar-refractivity contribution in [3.63, 3.8) is 0 Å². The van der Waals surface area contributed by atoms with Crippen molar-refractivity contribution in [3.8, 4) is 0 Å². The summed E-state index contributed by atoms with van der Waals surface area (Å²) in [6.45, 7) is 1.82. The molecule has 2 aromatic rings. The highest BCUT2D eigenvalue weighted by atomic mass is 32.1. The fraction of sp³-hybridized carbons (Fsp3) is 0.167. The van der Waals surface area contributed by atoms with Crippen molar-refractivity contribution in [3.05, 3.63) is 65.6 Å². The fourth-order valence-corrected chi connectivity index (χ4v) is 2.13. The van der Waals surface area contributed by atoms with Gasteiger partial charge in [0.25, 0.3) is 0 Å². The monoisotopic (exact) mass is 357 g/mol. The zero-order chi connectivity index (χ0) is 18.1. The van der Waals surface area contributed by atoms with Crippen LogP contribution in [0.15, 0.2) is 53.0 Å². The molecule has 0 radical (unpaired) electrons. The Bertz CT molecular complexity index is 769. The molecule has 3 N–H and O–H groups in total. The lowest BCUT2D eigenvalue weighted by atomic mass is 10.1. The van der Waals surface area contributed by atoms with Crippen molar-refractivity contribution >= 4 is 35.2 Å². The number of benzene rings is 1. The molecule has 0 aliphatic rings. The van der Waals surface area contributed by atoms with Crippen LogP contribution in [-0.4, -0.2) is 16.9 Å². The molecule has 1 aromatic carbocycles. The summed E-state index contributed by atoms with van der Waals surface area (Å²) in [5.41, 5.74) is 6.02. The topological polar surface area (TPSA) is 83.4 Å². The first-order valence-corrected chi connectivity index (χ1v) is 8.12. The van der Waals surface area contributed by atoms with Gasteiger partial charge in [-0.3, -0.25) is 25.8 Å². The van der Waals surface area contributed by atoms with E-state index in [9.17, 15) is 9.59 Å². The normalized spacial score (nSPS) is 10.4. The van der Waals surface area contributed by atoms with Crippen molar-refractivity contribution in [1.29, 1.82) is 0 Å². The standard InChI is InChI=1S/C18H19N3O3S/c1-13-7-9-15(24-13)10-12-16(22)19-18(25)21-20-17(23)11-8-14-5-3-2-4-6-14/h2-7,9-10,12H,8,11H2,1H3,(H,20,23)(H2,19,21,22,25)/b12-10+. The summed E-state index contributed by atoms with van der Waals surface area (Å²) in [6, 6.07) is 13.2. The van der Waals surface area contributed by atoms with E-state index in [2.05, 4.69) is 16.2 Å². The molecule has 0 unspecified atom stereocenters. The molecule has 1 aromatic heterocycles. The van der Waals surface area contributed by atoms with E-state index in [1.807, 2.05) is 37.3 Å². The summed E-state index contributed by atoms with van der Waals surface area (Å²) in [6.07, 6.45) is 3.76. The minimum Gasteiger partial charge on any atom is -0.462 e. The van der Waals surface area contributed by atoms with Crippen molar-refractivity contribution in [2.75, 3.05) is 0 Å². The van der Waals surface area contributed by atoms with Gasteiger partial charge in [-0.05, 0) is 49.3 Å². The minimum atomic E-state index is -0.426. The second kappa shape index (κ2) is 9.39. The molecule has 0 aliphatic carbocycles. The summed E-state index contributed by atoms with van der Waals surface area (Å²) in [4.78, 5) is 23.5. The molecule has 0 bridgehead atoms. The van der Waals surface area contributed by atoms with Crippen LogP contribution in [0, 0.1) is 6.92 Å². The number of hydrogen-bond donors (Lipinski definition) is 3. The molecule has 130 valence electrons. The van der Waals surface area contributed by atoms with Gasteiger partial charge in [0.1, 0.15) is 11.5 Å². The predicted octanol–water partition coefficient (Wildman–Crippen LogP) is 2.26. The Morgan fingerprint density at radius 3 is 2.56 bits per heavy atom. The summed E-state index contributed by atoms with van der Waals surface area (Å²) < 4.78 is 5.31. The highest BCUT2D eigenvalue weighted by Crippen LogP contribution is 2.07. The molecule has 7 heteroatoms. The number of hydrazine groups is 1. The number of thiocarbonyl (C=S) groups is 1. The van der Waals surface area contributed by atoms with E-state index in [1.54, 1.807) is 12.1 Å². The van der Waals surface area contributed by atoms with E-state index in [0.717, 1.165) is 11.3 Å². The number of amides is 2. The smallest absolute Gasteiger partial charge is 0.250 e. The van der Waals surface area contributed by atoms with Crippen LogP contribution in [0.3, 0.4) is 0 Å². The molecule has 0 aliphatic heterocycles. The van der Waals surface area contributed by atoms with Crippen molar-refractivity contribution in [2.24, 2.45) is 0 Å². The first-order valence-electron chi connectivity index (χ1n) is 7.71. The maximum Gasteiger partial charge on any atom is 0.250 e. The Balaban J connectivity index is 1.66. The number of rotatable bonds is 5. The highest BCUT2D eigenvalue weighted by molar-refractivity contribution is 7.80. The fourth-order valence-electron chi connectivity index (χ4n) is 1.98. The third kappa shape index (κ3) is 7.01. The Labute approximate surface area is 151 Å². The summed E-state index contributed by atoms with van der Waals surface area (Å²) >= 11 is 4.95. The number of nitrogens with one attached hydrogen (secondary N) is 3. The van der Waals surface area contributed by atoms with Gasteiger partial charge in [-0.15, -0.1) is 0 Å². The zero-order valence-corrected chi connectivity index (χ0v) is 14.6. The lowest BCUT2D eigenvalue weighted by Gasteiger charge is -2.09. The highest BCUT2D eigenvalue weighted by Gasteiger charge is 2.05. The average Bonchev–Trinajstić information content (AvgIpc) is 3.02. The lowest BCUT2D eigenvalue weighted by molar-refractivity contribution is -0.121. The number of furan rings is 1. The number of aryl methyl sites for hydroxylation is 2. The van der Waals surface area contributed by atoms with Crippen LogP contribution in [0.2, 0.25) is 0 Å².